The normalized spacial score (nSPS) is 12.2. The molecule has 1 aromatic rings. The Balaban J connectivity index is 2.68. The molecule has 0 unspecified atom stereocenters. The van der Waals surface area contributed by atoms with Gasteiger partial charge in [-0.1, -0.05) is 46.0 Å². The Morgan fingerprint density at radius 3 is 2.59 bits per heavy atom. The molecule has 0 radical (unpaired) electrons. The minimum Gasteiger partial charge on any atom is -0.349 e. The van der Waals surface area contributed by atoms with Gasteiger partial charge in [0.15, 0.2) is 0 Å². The van der Waals surface area contributed by atoms with Gasteiger partial charge in [0.25, 0.3) is 11.5 Å². The predicted molar refractivity (Wildman–Crippen MR) is 91.5 cm³/mol. The molecule has 1 amide bonds. The van der Waals surface area contributed by atoms with E-state index < -0.39 is 0 Å². The minimum absolute atomic E-state index is 0.0969. The summed E-state index contributed by atoms with van der Waals surface area (Å²) in [5.74, 6) is -0.262. The van der Waals surface area contributed by atoms with E-state index in [1.165, 1.54) is 19.3 Å². The molecule has 1 aromatic heterocycles. The van der Waals surface area contributed by atoms with E-state index in [2.05, 4.69) is 24.1 Å². The number of carbonyl (C=O) groups is 1. The number of aromatic amines is 1. The van der Waals surface area contributed by atoms with Crippen LogP contribution in [-0.2, 0) is 6.42 Å². The average Bonchev–Trinajstić information content (AvgIpc) is 2.46. The molecule has 0 saturated heterocycles. The number of pyridine rings is 1. The first kappa shape index (κ1) is 18.5. The molecule has 0 aliphatic carbocycles. The summed E-state index contributed by atoms with van der Waals surface area (Å²) in [5, 5.41) is 2.94. The van der Waals surface area contributed by atoms with Crippen molar-refractivity contribution in [2.75, 3.05) is 0 Å². The summed E-state index contributed by atoms with van der Waals surface area (Å²) in [4.78, 5) is 27.1. The molecule has 0 bridgehead atoms. The lowest BCUT2D eigenvalue weighted by molar-refractivity contribution is 0.0936. The third-order valence-corrected chi connectivity index (χ3v) is 3.98. The third kappa shape index (κ3) is 5.66. The summed E-state index contributed by atoms with van der Waals surface area (Å²) in [6.07, 6.45) is 7.57. The van der Waals surface area contributed by atoms with Crippen LogP contribution in [0.2, 0.25) is 0 Å². The molecule has 1 atom stereocenters. The molecule has 0 spiro atoms. The standard InChI is InChI=1S/C18H30N2O2/c1-5-7-8-9-11-13(3)19-17(21)16-12-15(10-6-2)14(4)20-18(16)22/h12-13H,5-11H2,1-4H3,(H,19,21)(H,20,22)/t13-/m1/s1. The Hall–Kier alpha value is -1.58. The second kappa shape index (κ2) is 9.44. The monoisotopic (exact) mass is 306 g/mol. The molecule has 22 heavy (non-hydrogen) atoms. The van der Waals surface area contributed by atoms with Crippen molar-refractivity contribution in [1.29, 1.82) is 0 Å². The van der Waals surface area contributed by atoms with E-state index in [0.29, 0.717) is 0 Å². The number of unbranched alkanes of at least 4 members (excludes halogenated alkanes) is 3. The van der Waals surface area contributed by atoms with E-state index in [0.717, 1.165) is 36.9 Å². The van der Waals surface area contributed by atoms with Crippen molar-refractivity contribution in [1.82, 2.24) is 10.3 Å². The number of rotatable bonds is 9. The summed E-state index contributed by atoms with van der Waals surface area (Å²) in [6.45, 7) is 8.15. The van der Waals surface area contributed by atoms with Crippen LogP contribution in [0.1, 0.15) is 80.9 Å². The molecule has 0 aromatic carbocycles. The fraction of sp³-hybridized carbons (Fsp3) is 0.667. The first-order valence-electron chi connectivity index (χ1n) is 8.53. The molecule has 0 aliphatic heterocycles. The molecule has 0 aliphatic rings. The van der Waals surface area contributed by atoms with Crippen molar-refractivity contribution in [2.24, 2.45) is 0 Å². The highest BCUT2D eigenvalue weighted by Crippen LogP contribution is 2.09. The van der Waals surface area contributed by atoms with Gasteiger partial charge in [-0.25, -0.2) is 0 Å². The lowest BCUT2D eigenvalue weighted by Crippen LogP contribution is -2.36. The molecule has 124 valence electrons. The van der Waals surface area contributed by atoms with Gasteiger partial charge in [-0.3, -0.25) is 9.59 Å². The SMILES string of the molecule is CCCCCC[C@@H](C)NC(=O)c1cc(CCC)c(C)[nH]c1=O. The molecule has 0 fully saturated rings. The molecular weight excluding hydrogens is 276 g/mol. The Bertz CT molecular complexity index is 534. The Morgan fingerprint density at radius 1 is 1.23 bits per heavy atom. The highest BCUT2D eigenvalue weighted by atomic mass is 16.2. The number of hydrogen-bond donors (Lipinski definition) is 2. The number of aryl methyl sites for hydroxylation is 2. The third-order valence-electron chi connectivity index (χ3n) is 3.98. The zero-order valence-corrected chi connectivity index (χ0v) is 14.4. The van der Waals surface area contributed by atoms with Crippen molar-refractivity contribution in [2.45, 2.75) is 78.7 Å². The number of hydrogen-bond acceptors (Lipinski definition) is 2. The predicted octanol–water partition coefficient (Wildman–Crippen LogP) is 3.72. The van der Waals surface area contributed by atoms with Crippen molar-refractivity contribution < 1.29 is 4.79 Å². The van der Waals surface area contributed by atoms with Crippen molar-refractivity contribution in [3.63, 3.8) is 0 Å². The maximum atomic E-state index is 12.3. The van der Waals surface area contributed by atoms with E-state index in [9.17, 15) is 9.59 Å². The van der Waals surface area contributed by atoms with Gasteiger partial charge in [-0.2, -0.15) is 0 Å². The van der Waals surface area contributed by atoms with Crippen LogP contribution in [0.15, 0.2) is 10.9 Å². The fourth-order valence-electron chi connectivity index (χ4n) is 2.61. The average molecular weight is 306 g/mol. The topological polar surface area (TPSA) is 62.0 Å². The van der Waals surface area contributed by atoms with Gasteiger partial charge < -0.3 is 10.3 Å². The number of H-pyrrole nitrogens is 1. The van der Waals surface area contributed by atoms with Crippen molar-refractivity contribution in [3.8, 4) is 0 Å². The molecule has 1 heterocycles. The van der Waals surface area contributed by atoms with E-state index in [1.807, 2.05) is 13.8 Å². The maximum Gasteiger partial charge on any atom is 0.261 e. The first-order valence-corrected chi connectivity index (χ1v) is 8.53. The summed E-state index contributed by atoms with van der Waals surface area (Å²) in [5.41, 5.74) is 1.83. The second-order valence-corrected chi connectivity index (χ2v) is 6.14. The quantitative estimate of drug-likeness (QED) is 0.683. The number of amides is 1. The highest BCUT2D eigenvalue weighted by molar-refractivity contribution is 5.94. The van der Waals surface area contributed by atoms with Crippen molar-refractivity contribution >= 4 is 5.91 Å². The van der Waals surface area contributed by atoms with Crippen LogP contribution in [0.5, 0.6) is 0 Å². The lowest BCUT2D eigenvalue weighted by atomic mass is 10.1. The van der Waals surface area contributed by atoms with E-state index >= 15 is 0 Å². The van der Waals surface area contributed by atoms with Gasteiger partial charge in [-0.15, -0.1) is 0 Å². The Morgan fingerprint density at radius 2 is 1.95 bits per heavy atom. The van der Waals surface area contributed by atoms with Crippen LogP contribution in [0.4, 0.5) is 0 Å². The van der Waals surface area contributed by atoms with Crippen LogP contribution >= 0.6 is 0 Å². The zero-order valence-electron chi connectivity index (χ0n) is 14.4. The minimum atomic E-state index is -0.298. The number of nitrogens with one attached hydrogen (secondary N) is 2. The van der Waals surface area contributed by atoms with Gasteiger partial charge in [0.1, 0.15) is 5.56 Å². The van der Waals surface area contributed by atoms with Crippen LogP contribution in [-0.4, -0.2) is 16.9 Å². The summed E-state index contributed by atoms with van der Waals surface area (Å²) in [6, 6.07) is 1.84. The summed E-state index contributed by atoms with van der Waals surface area (Å²) >= 11 is 0. The number of aromatic nitrogens is 1. The van der Waals surface area contributed by atoms with Crippen LogP contribution in [0.25, 0.3) is 0 Å². The van der Waals surface area contributed by atoms with Gasteiger partial charge in [0, 0.05) is 11.7 Å². The number of carbonyl (C=O) groups excluding carboxylic acids is 1. The highest BCUT2D eigenvalue weighted by Gasteiger charge is 2.15. The molecule has 0 saturated carbocycles. The van der Waals surface area contributed by atoms with Crippen LogP contribution < -0.4 is 10.9 Å². The van der Waals surface area contributed by atoms with E-state index in [1.54, 1.807) is 6.07 Å². The van der Waals surface area contributed by atoms with Gasteiger partial charge in [0.2, 0.25) is 0 Å². The zero-order chi connectivity index (χ0) is 16.5. The maximum absolute atomic E-state index is 12.3. The molecule has 4 heteroatoms. The largest absolute Gasteiger partial charge is 0.349 e. The molecule has 4 nitrogen and oxygen atoms in total. The van der Waals surface area contributed by atoms with Crippen molar-refractivity contribution in [3.05, 3.63) is 33.2 Å². The van der Waals surface area contributed by atoms with Crippen LogP contribution in [0.3, 0.4) is 0 Å². The van der Waals surface area contributed by atoms with E-state index in [-0.39, 0.29) is 23.1 Å². The second-order valence-electron chi connectivity index (χ2n) is 6.14. The lowest BCUT2D eigenvalue weighted by Gasteiger charge is -2.14. The smallest absolute Gasteiger partial charge is 0.261 e. The summed E-state index contributed by atoms with van der Waals surface area (Å²) in [7, 11) is 0. The Kier molecular flexibility index (Phi) is 7.92. The van der Waals surface area contributed by atoms with Gasteiger partial charge in [-0.05, 0) is 38.3 Å². The van der Waals surface area contributed by atoms with Crippen LogP contribution in [0, 0.1) is 6.92 Å². The van der Waals surface area contributed by atoms with Gasteiger partial charge >= 0.3 is 0 Å². The molecule has 1 rings (SSSR count). The van der Waals surface area contributed by atoms with Gasteiger partial charge in [0.05, 0.1) is 0 Å². The first-order chi connectivity index (χ1) is 10.5. The molecule has 2 N–H and O–H groups in total. The van der Waals surface area contributed by atoms with E-state index in [4.69, 9.17) is 0 Å². The molecular formula is C18H30N2O2. The summed E-state index contributed by atoms with van der Waals surface area (Å²) < 4.78 is 0. The Labute approximate surface area is 133 Å². The fourth-order valence-corrected chi connectivity index (χ4v) is 2.61.